The van der Waals surface area contributed by atoms with Gasteiger partial charge in [-0.3, -0.25) is 0 Å². The van der Waals surface area contributed by atoms with Crippen molar-refractivity contribution in [2.45, 2.75) is 12.8 Å². The quantitative estimate of drug-likeness (QED) is 0.492. The molecule has 0 aliphatic rings. The van der Waals surface area contributed by atoms with Crippen LogP contribution in [-0.2, 0) is 19.1 Å². The maximum Gasteiger partial charge on any atom is 0.333 e. The Morgan fingerprint density at radius 3 is 1.43 bits per heavy atom. The number of carbonyl (C=O) groups is 2. The molecule has 0 fully saturated rings. The van der Waals surface area contributed by atoms with E-state index >= 15 is 0 Å². The Morgan fingerprint density at radius 1 is 0.929 bits per heavy atom. The number of ether oxygens (including phenoxy) is 2. The monoisotopic (exact) mass is 198 g/mol. The number of hydrogen-bond acceptors (Lipinski definition) is 4. The van der Waals surface area contributed by atoms with Crippen LogP contribution in [0.4, 0.5) is 0 Å². The lowest BCUT2D eigenvalue weighted by atomic mass is 10.1. The Labute approximate surface area is 83.2 Å². The van der Waals surface area contributed by atoms with Gasteiger partial charge in [-0.05, 0) is 12.8 Å². The van der Waals surface area contributed by atoms with Crippen LogP contribution in [0.15, 0.2) is 24.3 Å². The Kier molecular flexibility index (Phi) is 5.29. The highest BCUT2D eigenvalue weighted by Crippen LogP contribution is 2.10. The lowest BCUT2D eigenvalue weighted by molar-refractivity contribution is -0.137. The van der Waals surface area contributed by atoms with Crippen LogP contribution in [0.5, 0.6) is 0 Å². The molecule has 0 rings (SSSR count). The van der Waals surface area contributed by atoms with Crippen molar-refractivity contribution in [1.29, 1.82) is 0 Å². The van der Waals surface area contributed by atoms with Gasteiger partial charge in [0.05, 0.1) is 14.2 Å². The SMILES string of the molecule is C=C(CCC(=C)C(=O)OC)C(=O)OC. The summed E-state index contributed by atoms with van der Waals surface area (Å²) in [5.74, 6) is -0.940. The summed E-state index contributed by atoms with van der Waals surface area (Å²) >= 11 is 0. The molecule has 0 N–H and O–H groups in total. The maximum absolute atomic E-state index is 10.9. The van der Waals surface area contributed by atoms with Crippen LogP contribution in [0.25, 0.3) is 0 Å². The van der Waals surface area contributed by atoms with Gasteiger partial charge in [0.15, 0.2) is 0 Å². The van der Waals surface area contributed by atoms with E-state index in [9.17, 15) is 9.59 Å². The molecule has 0 saturated heterocycles. The summed E-state index contributed by atoms with van der Waals surface area (Å²) in [7, 11) is 2.56. The van der Waals surface area contributed by atoms with Crippen LogP contribution in [-0.4, -0.2) is 26.2 Å². The minimum absolute atomic E-state index is 0.317. The van der Waals surface area contributed by atoms with Gasteiger partial charge in [-0.1, -0.05) is 13.2 Å². The molecular formula is C10H14O4. The third-order valence-electron chi connectivity index (χ3n) is 1.68. The average Bonchev–Trinajstić information content (AvgIpc) is 2.22. The minimum Gasteiger partial charge on any atom is -0.466 e. The standard InChI is InChI=1S/C10H14O4/c1-7(9(11)13-3)5-6-8(2)10(12)14-4/h1-2,5-6H2,3-4H3. The molecule has 0 aromatic heterocycles. The summed E-state index contributed by atoms with van der Waals surface area (Å²) in [5.41, 5.74) is 0.634. The summed E-state index contributed by atoms with van der Waals surface area (Å²) in [4.78, 5) is 21.8. The Hall–Kier alpha value is -1.58. The molecule has 0 atom stereocenters. The van der Waals surface area contributed by atoms with Crippen LogP contribution in [0.2, 0.25) is 0 Å². The average molecular weight is 198 g/mol. The van der Waals surface area contributed by atoms with Crippen molar-refractivity contribution >= 4 is 11.9 Å². The largest absolute Gasteiger partial charge is 0.466 e. The smallest absolute Gasteiger partial charge is 0.333 e. The fraction of sp³-hybridized carbons (Fsp3) is 0.400. The van der Waals surface area contributed by atoms with Gasteiger partial charge in [0.25, 0.3) is 0 Å². The van der Waals surface area contributed by atoms with Crippen molar-refractivity contribution in [1.82, 2.24) is 0 Å². The molecule has 0 aromatic carbocycles. The van der Waals surface area contributed by atoms with Crippen molar-refractivity contribution in [3.8, 4) is 0 Å². The van der Waals surface area contributed by atoms with E-state index in [1.807, 2.05) is 0 Å². The van der Waals surface area contributed by atoms with Crippen molar-refractivity contribution in [2.75, 3.05) is 14.2 Å². The van der Waals surface area contributed by atoms with E-state index in [2.05, 4.69) is 22.6 Å². The lowest BCUT2D eigenvalue weighted by Gasteiger charge is -2.04. The third kappa shape index (κ3) is 3.89. The molecule has 4 nitrogen and oxygen atoms in total. The van der Waals surface area contributed by atoms with E-state index in [-0.39, 0.29) is 0 Å². The fourth-order valence-corrected chi connectivity index (χ4v) is 0.795. The first kappa shape index (κ1) is 12.4. The molecular weight excluding hydrogens is 184 g/mol. The van der Waals surface area contributed by atoms with Gasteiger partial charge in [0.2, 0.25) is 0 Å². The maximum atomic E-state index is 10.9. The second kappa shape index (κ2) is 5.96. The molecule has 0 unspecified atom stereocenters. The molecule has 14 heavy (non-hydrogen) atoms. The van der Waals surface area contributed by atoms with Gasteiger partial charge in [0.1, 0.15) is 0 Å². The molecule has 0 aromatic rings. The molecule has 0 saturated carbocycles. The van der Waals surface area contributed by atoms with Crippen molar-refractivity contribution < 1.29 is 19.1 Å². The summed E-state index contributed by atoms with van der Waals surface area (Å²) < 4.78 is 8.89. The summed E-state index contributed by atoms with van der Waals surface area (Å²) in [6, 6.07) is 0. The number of methoxy groups -OCH3 is 2. The van der Waals surface area contributed by atoms with E-state index in [0.717, 1.165) is 0 Å². The van der Waals surface area contributed by atoms with Crippen LogP contribution < -0.4 is 0 Å². The third-order valence-corrected chi connectivity index (χ3v) is 1.68. The first-order valence-electron chi connectivity index (χ1n) is 4.05. The van der Waals surface area contributed by atoms with Crippen LogP contribution in [0.1, 0.15) is 12.8 Å². The van der Waals surface area contributed by atoms with Gasteiger partial charge in [-0.25, -0.2) is 9.59 Å². The highest BCUT2D eigenvalue weighted by molar-refractivity contribution is 5.89. The Morgan fingerprint density at radius 2 is 1.21 bits per heavy atom. The molecule has 0 amide bonds. The molecule has 0 radical (unpaired) electrons. The van der Waals surface area contributed by atoms with Crippen molar-refractivity contribution in [3.05, 3.63) is 24.3 Å². The van der Waals surface area contributed by atoms with Crippen LogP contribution in [0, 0.1) is 0 Å². The minimum atomic E-state index is -0.470. The Bertz CT molecular complexity index is 237. The van der Waals surface area contributed by atoms with Crippen molar-refractivity contribution in [3.63, 3.8) is 0 Å². The van der Waals surface area contributed by atoms with Gasteiger partial charge in [-0.15, -0.1) is 0 Å². The van der Waals surface area contributed by atoms with Gasteiger partial charge in [0, 0.05) is 11.1 Å². The first-order chi connectivity index (χ1) is 6.52. The van der Waals surface area contributed by atoms with Gasteiger partial charge in [-0.2, -0.15) is 0 Å². The predicted octanol–water partition coefficient (Wildman–Crippen LogP) is 1.23. The zero-order valence-electron chi connectivity index (χ0n) is 8.46. The van der Waals surface area contributed by atoms with E-state index in [4.69, 9.17) is 0 Å². The van der Waals surface area contributed by atoms with Crippen LogP contribution in [0.3, 0.4) is 0 Å². The summed E-state index contributed by atoms with van der Waals surface area (Å²) in [6.07, 6.45) is 0.696. The second-order valence-electron chi connectivity index (χ2n) is 2.69. The predicted molar refractivity (Wildman–Crippen MR) is 51.5 cm³/mol. The van der Waals surface area contributed by atoms with Gasteiger partial charge >= 0.3 is 11.9 Å². The highest BCUT2D eigenvalue weighted by Gasteiger charge is 2.10. The topological polar surface area (TPSA) is 52.6 Å². The number of rotatable bonds is 5. The second-order valence-corrected chi connectivity index (χ2v) is 2.69. The number of hydrogen-bond donors (Lipinski definition) is 0. The van der Waals surface area contributed by atoms with E-state index < -0.39 is 11.9 Å². The normalized spacial score (nSPS) is 9.00. The zero-order chi connectivity index (χ0) is 11.1. The molecule has 4 heteroatoms. The first-order valence-corrected chi connectivity index (χ1v) is 4.05. The van der Waals surface area contributed by atoms with Crippen molar-refractivity contribution in [2.24, 2.45) is 0 Å². The summed E-state index contributed by atoms with van der Waals surface area (Å²) in [6.45, 7) is 7.03. The molecule has 0 heterocycles. The zero-order valence-corrected chi connectivity index (χ0v) is 8.46. The van der Waals surface area contributed by atoms with E-state index in [1.54, 1.807) is 0 Å². The number of carbonyl (C=O) groups excluding carboxylic acids is 2. The number of esters is 2. The molecule has 78 valence electrons. The molecule has 0 aliphatic carbocycles. The van der Waals surface area contributed by atoms with E-state index in [0.29, 0.717) is 24.0 Å². The van der Waals surface area contributed by atoms with Crippen LogP contribution >= 0.6 is 0 Å². The van der Waals surface area contributed by atoms with Gasteiger partial charge < -0.3 is 9.47 Å². The van der Waals surface area contributed by atoms with E-state index in [1.165, 1.54) is 14.2 Å². The Balaban J connectivity index is 3.95. The molecule has 0 bridgehead atoms. The fourth-order valence-electron chi connectivity index (χ4n) is 0.795. The lowest BCUT2D eigenvalue weighted by Crippen LogP contribution is -2.07. The molecule has 0 aliphatic heterocycles. The highest BCUT2D eigenvalue weighted by atomic mass is 16.5. The summed E-state index contributed by atoms with van der Waals surface area (Å²) in [5, 5.41) is 0. The molecule has 0 spiro atoms.